The van der Waals surface area contributed by atoms with Crippen molar-refractivity contribution >= 4 is 16.9 Å². The minimum atomic E-state index is -0.833. The van der Waals surface area contributed by atoms with Crippen molar-refractivity contribution in [2.75, 3.05) is 0 Å². The molecule has 0 saturated heterocycles. The van der Waals surface area contributed by atoms with Gasteiger partial charge in [-0.05, 0) is 22.8 Å². The highest BCUT2D eigenvalue weighted by molar-refractivity contribution is 5.85. The molecule has 5 heteroatoms. The fraction of sp³-hybridized carbons (Fsp3) is 0.160. The number of rotatable bonds is 8. The van der Waals surface area contributed by atoms with Crippen molar-refractivity contribution in [2.24, 2.45) is 0 Å². The molecule has 1 heterocycles. The van der Waals surface area contributed by atoms with E-state index in [0.29, 0.717) is 13.0 Å². The van der Waals surface area contributed by atoms with Crippen LogP contribution in [0.3, 0.4) is 0 Å². The summed E-state index contributed by atoms with van der Waals surface area (Å²) in [6.07, 6.45) is 2.53. The fourth-order valence-corrected chi connectivity index (χ4v) is 3.70. The third-order valence-electron chi connectivity index (χ3n) is 5.18. The van der Waals surface area contributed by atoms with Crippen molar-refractivity contribution < 1.29 is 15.4 Å². The standard InChI is InChI=1S/C25H24N2O2.H2O/c28-25(29)23(26-16-19-9-3-1-4-10-19)15-21-18-27(17-20-11-5-2-6-12-20)24-14-8-7-13-22(21)24;/h1-14,18,23,26H,15-17H2,(H,28,29);1H2. The Kier molecular flexibility index (Phi) is 7.01. The zero-order valence-electron chi connectivity index (χ0n) is 16.7. The summed E-state index contributed by atoms with van der Waals surface area (Å²) < 4.78 is 2.20. The molecule has 0 aliphatic rings. The lowest BCUT2D eigenvalue weighted by Gasteiger charge is -2.14. The number of fused-ring (bicyclic) bond motifs is 1. The lowest BCUT2D eigenvalue weighted by molar-refractivity contribution is -0.139. The molecular weight excluding hydrogens is 376 g/mol. The van der Waals surface area contributed by atoms with E-state index in [4.69, 9.17) is 0 Å². The molecule has 30 heavy (non-hydrogen) atoms. The van der Waals surface area contributed by atoms with Gasteiger partial charge >= 0.3 is 5.97 Å². The average molecular weight is 402 g/mol. The van der Waals surface area contributed by atoms with E-state index >= 15 is 0 Å². The minimum absolute atomic E-state index is 0. The molecule has 0 saturated carbocycles. The first-order chi connectivity index (χ1) is 14.2. The second-order valence-corrected chi connectivity index (χ2v) is 7.25. The minimum Gasteiger partial charge on any atom is -0.480 e. The Morgan fingerprint density at radius 3 is 2.13 bits per heavy atom. The molecule has 0 bridgehead atoms. The summed E-state index contributed by atoms with van der Waals surface area (Å²) in [6.45, 7) is 1.29. The number of carbonyl (C=O) groups is 1. The summed E-state index contributed by atoms with van der Waals surface area (Å²) in [4.78, 5) is 11.9. The average Bonchev–Trinajstić information content (AvgIpc) is 3.10. The van der Waals surface area contributed by atoms with Gasteiger partial charge in [-0.25, -0.2) is 0 Å². The Balaban J connectivity index is 0.00000256. The number of hydrogen-bond acceptors (Lipinski definition) is 2. The summed E-state index contributed by atoms with van der Waals surface area (Å²) >= 11 is 0. The van der Waals surface area contributed by atoms with Gasteiger partial charge in [-0.2, -0.15) is 0 Å². The van der Waals surface area contributed by atoms with Crippen LogP contribution in [0.5, 0.6) is 0 Å². The van der Waals surface area contributed by atoms with Crippen LogP contribution in [-0.4, -0.2) is 27.2 Å². The molecule has 0 spiro atoms. The normalized spacial score (nSPS) is 11.7. The summed E-state index contributed by atoms with van der Waals surface area (Å²) in [7, 11) is 0. The summed E-state index contributed by atoms with van der Waals surface area (Å²) in [5, 5.41) is 14.1. The van der Waals surface area contributed by atoms with E-state index in [1.165, 1.54) is 5.56 Å². The second-order valence-electron chi connectivity index (χ2n) is 7.25. The van der Waals surface area contributed by atoms with Crippen LogP contribution in [0.2, 0.25) is 0 Å². The molecular formula is C25H26N2O3. The highest BCUT2D eigenvalue weighted by Gasteiger charge is 2.20. The zero-order valence-corrected chi connectivity index (χ0v) is 16.7. The molecule has 1 atom stereocenters. The number of benzene rings is 3. The van der Waals surface area contributed by atoms with Crippen molar-refractivity contribution in [3.8, 4) is 0 Å². The molecule has 154 valence electrons. The van der Waals surface area contributed by atoms with Gasteiger partial charge in [0, 0.05) is 36.6 Å². The van der Waals surface area contributed by atoms with Crippen molar-refractivity contribution in [3.63, 3.8) is 0 Å². The Hall–Kier alpha value is -3.41. The van der Waals surface area contributed by atoms with Crippen molar-refractivity contribution in [1.29, 1.82) is 0 Å². The molecule has 4 aromatic rings. The fourth-order valence-electron chi connectivity index (χ4n) is 3.70. The molecule has 0 fully saturated rings. The number of para-hydroxylation sites is 1. The molecule has 3 aromatic carbocycles. The van der Waals surface area contributed by atoms with Crippen LogP contribution < -0.4 is 5.32 Å². The third-order valence-corrected chi connectivity index (χ3v) is 5.18. The number of hydrogen-bond donors (Lipinski definition) is 2. The Morgan fingerprint density at radius 2 is 1.47 bits per heavy atom. The SMILES string of the molecule is O.O=C(O)C(Cc1cn(Cc2ccccc2)c2ccccc12)NCc1ccccc1. The van der Waals surface area contributed by atoms with Crippen molar-refractivity contribution in [2.45, 2.75) is 25.6 Å². The molecule has 1 aromatic heterocycles. The molecule has 1 unspecified atom stereocenters. The molecule has 5 nitrogen and oxygen atoms in total. The Labute approximate surface area is 175 Å². The first-order valence-electron chi connectivity index (χ1n) is 9.81. The van der Waals surface area contributed by atoms with Crippen LogP contribution in [0.1, 0.15) is 16.7 Å². The van der Waals surface area contributed by atoms with Crippen LogP contribution in [0, 0.1) is 0 Å². The van der Waals surface area contributed by atoms with Crippen molar-refractivity contribution in [3.05, 3.63) is 108 Å². The maximum Gasteiger partial charge on any atom is 0.321 e. The van der Waals surface area contributed by atoms with E-state index in [1.54, 1.807) is 0 Å². The van der Waals surface area contributed by atoms with E-state index in [1.807, 2.05) is 60.7 Å². The Morgan fingerprint density at radius 1 is 0.867 bits per heavy atom. The van der Waals surface area contributed by atoms with E-state index < -0.39 is 12.0 Å². The molecule has 4 N–H and O–H groups in total. The van der Waals surface area contributed by atoms with E-state index in [2.05, 4.69) is 40.3 Å². The maximum atomic E-state index is 11.9. The summed E-state index contributed by atoms with van der Waals surface area (Å²) in [5.41, 5.74) is 4.46. The first kappa shape index (κ1) is 21.3. The van der Waals surface area contributed by atoms with E-state index in [-0.39, 0.29) is 5.48 Å². The lowest BCUT2D eigenvalue weighted by atomic mass is 10.0. The van der Waals surface area contributed by atoms with Crippen LogP contribution >= 0.6 is 0 Å². The number of carboxylic acids is 1. The van der Waals surface area contributed by atoms with Crippen LogP contribution in [0.15, 0.2) is 91.1 Å². The summed E-state index contributed by atoms with van der Waals surface area (Å²) in [5.74, 6) is -0.833. The highest BCUT2D eigenvalue weighted by Crippen LogP contribution is 2.24. The number of carboxylic acid groups (broad SMARTS) is 1. The third kappa shape index (κ3) is 4.95. The van der Waals surface area contributed by atoms with E-state index in [9.17, 15) is 9.90 Å². The zero-order chi connectivity index (χ0) is 20.1. The molecule has 0 aliphatic heterocycles. The van der Waals surface area contributed by atoms with Gasteiger partial charge in [0.2, 0.25) is 0 Å². The Bertz CT molecular complexity index is 1090. The van der Waals surface area contributed by atoms with E-state index in [0.717, 1.165) is 28.6 Å². The van der Waals surface area contributed by atoms with Gasteiger partial charge in [-0.3, -0.25) is 4.79 Å². The van der Waals surface area contributed by atoms with Gasteiger partial charge in [0.15, 0.2) is 0 Å². The molecule has 0 radical (unpaired) electrons. The number of nitrogens with one attached hydrogen (secondary N) is 1. The monoisotopic (exact) mass is 402 g/mol. The van der Waals surface area contributed by atoms with Crippen LogP contribution in [-0.2, 0) is 24.3 Å². The van der Waals surface area contributed by atoms with Gasteiger partial charge in [0.25, 0.3) is 0 Å². The van der Waals surface area contributed by atoms with Gasteiger partial charge in [-0.15, -0.1) is 0 Å². The van der Waals surface area contributed by atoms with Gasteiger partial charge in [-0.1, -0.05) is 78.9 Å². The predicted molar refractivity (Wildman–Crippen MR) is 120 cm³/mol. The molecule has 0 amide bonds. The quantitative estimate of drug-likeness (QED) is 0.472. The van der Waals surface area contributed by atoms with Crippen LogP contribution in [0.25, 0.3) is 10.9 Å². The van der Waals surface area contributed by atoms with Gasteiger partial charge < -0.3 is 20.5 Å². The lowest BCUT2D eigenvalue weighted by Crippen LogP contribution is -2.38. The van der Waals surface area contributed by atoms with Crippen LogP contribution in [0.4, 0.5) is 0 Å². The van der Waals surface area contributed by atoms with Crippen molar-refractivity contribution in [1.82, 2.24) is 9.88 Å². The second kappa shape index (κ2) is 9.87. The number of aromatic nitrogens is 1. The molecule has 0 aliphatic carbocycles. The largest absolute Gasteiger partial charge is 0.480 e. The smallest absolute Gasteiger partial charge is 0.321 e. The topological polar surface area (TPSA) is 85.8 Å². The summed E-state index contributed by atoms with van der Waals surface area (Å²) in [6, 6.07) is 27.7. The predicted octanol–water partition coefficient (Wildman–Crippen LogP) is 3.65. The highest BCUT2D eigenvalue weighted by atomic mass is 16.4. The first-order valence-corrected chi connectivity index (χ1v) is 9.81. The number of nitrogens with zero attached hydrogens (tertiary/aromatic N) is 1. The maximum absolute atomic E-state index is 11.9. The number of aliphatic carboxylic acids is 1. The van der Waals surface area contributed by atoms with Gasteiger partial charge in [0.05, 0.1) is 0 Å². The molecule has 4 rings (SSSR count). The van der Waals surface area contributed by atoms with Gasteiger partial charge in [0.1, 0.15) is 6.04 Å².